The van der Waals surface area contributed by atoms with Crippen molar-refractivity contribution >= 4 is 32.3 Å². The molecule has 134 valence electrons. The topological polar surface area (TPSA) is 80.3 Å². The zero-order valence-corrected chi connectivity index (χ0v) is 15.1. The minimum Gasteiger partial charge on any atom is -0.353 e. The summed E-state index contributed by atoms with van der Waals surface area (Å²) < 4.78 is 24.9. The van der Waals surface area contributed by atoms with Gasteiger partial charge in [0.25, 0.3) is 5.91 Å². The number of hydrogen-bond donors (Lipinski definition) is 1. The number of hydrogen-bond acceptors (Lipinski definition) is 4. The Hall–Kier alpha value is -2.21. The summed E-state index contributed by atoms with van der Waals surface area (Å²) in [6.45, 7) is 0. The maximum absolute atomic E-state index is 12.4. The average Bonchev–Trinajstić information content (AvgIpc) is 2.63. The van der Waals surface area contributed by atoms with E-state index < -0.39 is 21.5 Å². The van der Waals surface area contributed by atoms with Crippen LogP contribution in [0.2, 0.25) is 0 Å². The van der Waals surface area contributed by atoms with Gasteiger partial charge in [-0.3, -0.25) is 9.59 Å². The first-order chi connectivity index (χ1) is 11.9. The first-order valence-corrected chi connectivity index (χ1v) is 10.1. The molecule has 0 fully saturated rings. The van der Waals surface area contributed by atoms with E-state index in [1.165, 1.54) is 7.05 Å². The molecule has 0 atom stereocenters. The summed E-state index contributed by atoms with van der Waals surface area (Å²) in [6, 6.07) is 12.9. The maximum atomic E-state index is 12.4. The average molecular weight is 361 g/mol. The van der Waals surface area contributed by atoms with Gasteiger partial charge in [-0.15, -0.1) is 0 Å². The van der Waals surface area contributed by atoms with Crippen LogP contribution >= 0.6 is 0 Å². The molecular weight excluding hydrogens is 338 g/mol. The number of Topliss-reactive ketones (excluding diaryl/α,β-unsaturated/α-hetero) is 1. The second-order valence-corrected chi connectivity index (χ2v) is 8.10. The number of rotatable bonds is 9. The highest BCUT2D eigenvalue weighted by Gasteiger charge is 2.15. The van der Waals surface area contributed by atoms with E-state index in [9.17, 15) is 18.0 Å². The summed E-state index contributed by atoms with van der Waals surface area (Å²) in [5.74, 6) is -0.903. The molecular formula is C19H23NO4S. The number of carbonyl (C=O) groups excluding carboxylic acids is 2. The van der Waals surface area contributed by atoms with E-state index in [-0.39, 0.29) is 12.2 Å². The van der Waals surface area contributed by atoms with Gasteiger partial charge in [0.1, 0.15) is 0 Å². The molecule has 0 aliphatic rings. The second-order valence-electron chi connectivity index (χ2n) is 5.99. The predicted molar refractivity (Wildman–Crippen MR) is 98.2 cm³/mol. The van der Waals surface area contributed by atoms with Crippen molar-refractivity contribution in [1.82, 2.24) is 5.32 Å². The molecule has 0 radical (unpaired) electrons. The molecule has 1 amide bonds. The van der Waals surface area contributed by atoms with Crippen LogP contribution in [0, 0.1) is 0 Å². The van der Waals surface area contributed by atoms with Gasteiger partial charge in [0.15, 0.2) is 9.84 Å². The van der Waals surface area contributed by atoms with Gasteiger partial charge < -0.3 is 5.32 Å². The van der Waals surface area contributed by atoms with Gasteiger partial charge in [-0.1, -0.05) is 43.2 Å². The monoisotopic (exact) mass is 361 g/mol. The fourth-order valence-electron chi connectivity index (χ4n) is 2.66. The molecule has 2 aromatic rings. The van der Waals surface area contributed by atoms with Crippen LogP contribution in [-0.4, -0.2) is 32.9 Å². The number of ketones is 1. The summed E-state index contributed by atoms with van der Waals surface area (Å²) in [7, 11) is -1.88. The molecule has 6 heteroatoms. The summed E-state index contributed by atoms with van der Waals surface area (Å²) >= 11 is 0. The lowest BCUT2D eigenvalue weighted by Gasteiger charge is -2.06. The van der Waals surface area contributed by atoms with Gasteiger partial charge in [0.05, 0.1) is 10.6 Å². The Morgan fingerprint density at radius 1 is 0.920 bits per heavy atom. The summed E-state index contributed by atoms with van der Waals surface area (Å²) in [6.07, 6.45) is 2.80. The number of nitrogens with one attached hydrogen (secondary N) is 1. The second kappa shape index (κ2) is 8.76. The number of sulfone groups is 1. The third-order valence-corrected chi connectivity index (χ3v) is 5.93. The molecule has 25 heavy (non-hydrogen) atoms. The molecule has 0 aliphatic carbocycles. The van der Waals surface area contributed by atoms with Crippen LogP contribution in [0.25, 0.3) is 10.8 Å². The molecule has 2 rings (SSSR count). The van der Waals surface area contributed by atoms with Gasteiger partial charge in [0, 0.05) is 13.5 Å². The first-order valence-electron chi connectivity index (χ1n) is 8.40. The fourth-order valence-corrected chi connectivity index (χ4v) is 4.06. The van der Waals surface area contributed by atoms with Crippen molar-refractivity contribution in [2.75, 3.05) is 12.8 Å². The van der Waals surface area contributed by atoms with Gasteiger partial charge in [-0.2, -0.15) is 0 Å². The number of unbranched alkanes of at least 4 members (excludes halogenated alkanes) is 3. The number of benzene rings is 2. The van der Waals surface area contributed by atoms with Crippen LogP contribution in [0.5, 0.6) is 0 Å². The Labute approximate surface area is 148 Å². The molecule has 0 spiro atoms. The lowest BCUT2D eigenvalue weighted by molar-refractivity contribution is -0.137. The summed E-state index contributed by atoms with van der Waals surface area (Å²) in [4.78, 5) is 22.8. The van der Waals surface area contributed by atoms with E-state index in [1.54, 1.807) is 12.1 Å². The maximum Gasteiger partial charge on any atom is 0.287 e. The summed E-state index contributed by atoms with van der Waals surface area (Å²) in [5.41, 5.74) is 0. The van der Waals surface area contributed by atoms with Crippen LogP contribution in [0.3, 0.4) is 0 Å². The predicted octanol–water partition coefficient (Wildman–Crippen LogP) is 2.88. The van der Waals surface area contributed by atoms with Gasteiger partial charge in [-0.25, -0.2) is 8.42 Å². The normalized spacial score (nSPS) is 11.4. The number of likely N-dealkylation sites (N-methyl/N-ethyl adjacent to an activating group) is 1. The molecule has 0 bridgehead atoms. The van der Waals surface area contributed by atoms with Gasteiger partial charge in [-0.05, 0) is 35.7 Å². The van der Waals surface area contributed by atoms with Crippen molar-refractivity contribution in [3.05, 3.63) is 42.5 Å². The Balaban J connectivity index is 1.81. The van der Waals surface area contributed by atoms with Gasteiger partial charge in [0.2, 0.25) is 5.78 Å². The van der Waals surface area contributed by atoms with E-state index in [2.05, 4.69) is 5.32 Å². The standard InChI is InChI=1S/C19H23NO4S/c1-20-19(22)18(21)10-4-2-3-7-13-25(23,24)17-12-11-15-8-5-6-9-16(15)14-17/h5-6,8-9,11-12,14H,2-4,7,10,13H2,1H3,(H,20,22). The molecule has 0 heterocycles. The van der Waals surface area contributed by atoms with Crippen LogP contribution in [0.15, 0.2) is 47.4 Å². The van der Waals surface area contributed by atoms with Crippen molar-refractivity contribution in [3.63, 3.8) is 0 Å². The highest BCUT2D eigenvalue weighted by Crippen LogP contribution is 2.20. The molecule has 5 nitrogen and oxygen atoms in total. The SMILES string of the molecule is CNC(=O)C(=O)CCCCCCS(=O)(=O)c1ccc2ccccc2c1. The highest BCUT2D eigenvalue weighted by molar-refractivity contribution is 7.91. The highest BCUT2D eigenvalue weighted by atomic mass is 32.2. The van der Waals surface area contributed by atoms with Crippen LogP contribution in [-0.2, 0) is 19.4 Å². The van der Waals surface area contributed by atoms with Crippen LogP contribution in [0.4, 0.5) is 0 Å². The van der Waals surface area contributed by atoms with E-state index in [4.69, 9.17) is 0 Å². The zero-order valence-electron chi connectivity index (χ0n) is 14.3. The van der Waals surface area contributed by atoms with Gasteiger partial charge >= 0.3 is 0 Å². The van der Waals surface area contributed by atoms with Crippen molar-refractivity contribution in [2.24, 2.45) is 0 Å². The molecule has 0 unspecified atom stereocenters. The van der Waals surface area contributed by atoms with Crippen molar-refractivity contribution in [3.8, 4) is 0 Å². The molecule has 0 aliphatic heterocycles. The Kier molecular flexibility index (Phi) is 6.70. The molecule has 0 aromatic heterocycles. The number of amides is 1. The summed E-state index contributed by atoms with van der Waals surface area (Å²) in [5, 5.41) is 4.23. The van der Waals surface area contributed by atoms with E-state index >= 15 is 0 Å². The van der Waals surface area contributed by atoms with Crippen molar-refractivity contribution in [1.29, 1.82) is 0 Å². The smallest absolute Gasteiger partial charge is 0.287 e. The van der Waals surface area contributed by atoms with Crippen LogP contribution < -0.4 is 5.32 Å². The molecule has 1 N–H and O–H groups in total. The number of carbonyl (C=O) groups is 2. The third-order valence-electron chi connectivity index (χ3n) is 4.13. The lowest BCUT2D eigenvalue weighted by atomic mass is 10.1. The Morgan fingerprint density at radius 3 is 2.32 bits per heavy atom. The van der Waals surface area contributed by atoms with E-state index in [0.717, 1.165) is 17.2 Å². The lowest BCUT2D eigenvalue weighted by Crippen LogP contribution is -2.27. The fraction of sp³-hybridized carbons (Fsp3) is 0.368. The Morgan fingerprint density at radius 2 is 1.60 bits per heavy atom. The van der Waals surface area contributed by atoms with Crippen molar-refractivity contribution in [2.45, 2.75) is 37.0 Å². The molecule has 0 saturated heterocycles. The molecule has 0 saturated carbocycles. The number of fused-ring (bicyclic) bond motifs is 1. The third kappa shape index (κ3) is 5.39. The Bertz CT molecular complexity index is 859. The largest absolute Gasteiger partial charge is 0.353 e. The first kappa shape index (κ1) is 19.1. The zero-order chi connectivity index (χ0) is 18.3. The molecule has 2 aromatic carbocycles. The van der Waals surface area contributed by atoms with Crippen molar-refractivity contribution < 1.29 is 18.0 Å². The quantitative estimate of drug-likeness (QED) is 0.550. The van der Waals surface area contributed by atoms with E-state index in [1.807, 2.05) is 30.3 Å². The minimum atomic E-state index is -3.30. The minimum absolute atomic E-state index is 0.0920. The van der Waals surface area contributed by atoms with Crippen LogP contribution in [0.1, 0.15) is 32.1 Å². The van der Waals surface area contributed by atoms with E-state index in [0.29, 0.717) is 24.2 Å².